The Balaban J connectivity index is 1.88. The molecule has 25 heavy (non-hydrogen) atoms. The summed E-state index contributed by atoms with van der Waals surface area (Å²) < 4.78 is 27.7. The Morgan fingerprint density at radius 3 is 2.40 bits per heavy atom. The van der Waals surface area contributed by atoms with Gasteiger partial charge in [-0.2, -0.15) is 0 Å². The third-order valence-electron chi connectivity index (χ3n) is 4.53. The smallest absolute Gasteiger partial charge is 0.265 e. The van der Waals surface area contributed by atoms with Gasteiger partial charge < -0.3 is 5.73 Å². The molecule has 1 amide bonds. The Hall–Kier alpha value is -2.86. The maximum absolute atomic E-state index is 13.3. The van der Waals surface area contributed by atoms with Gasteiger partial charge in [-0.25, -0.2) is 8.42 Å². The number of primary amides is 1. The molecule has 0 saturated heterocycles. The maximum atomic E-state index is 13.3. The Bertz CT molecular complexity index is 1090. The number of amides is 1. The monoisotopic (exact) mass is 352 g/mol. The van der Waals surface area contributed by atoms with Crippen LogP contribution in [0.2, 0.25) is 0 Å². The van der Waals surface area contributed by atoms with Crippen LogP contribution in [0, 0.1) is 0 Å². The lowest BCUT2D eigenvalue weighted by Gasteiger charge is -2.25. The van der Waals surface area contributed by atoms with Crippen molar-refractivity contribution < 1.29 is 13.2 Å². The molecule has 0 fully saturated rings. The first-order valence-corrected chi connectivity index (χ1v) is 9.33. The third-order valence-corrected chi connectivity index (χ3v) is 6.35. The summed E-state index contributed by atoms with van der Waals surface area (Å²) in [5.74, 6) is -0.652. The summed E-state index contributed by atoms with van der Waals surface area (Å²) >= 11 is 0. The number of hydrogen-bond acceptors (Lipinski definition) is 3. The standard InChI is InChI=1S/C19H16N2O3S/c20-19(22)18-12-15-7-3-4-8-17(15)21(18)25(23,24)16-10-9-13-5-1-2-6-14(13)11-16/h1-11,18H,12H2,(H2,20,22). The van der Waals surface area contributed by atoms with Gasteiger partial charge in [0.25, 0.3) is 10.0 Å². The highest BCUT2D eigenvalue weighted by molar-refractivity contribution is 7.93. The second kappa shape index (κ2) is 5.60. The number of benzene rings is 3. The van der Waals surface area contributed by atoms with Crippen molar-refractivity contribution in [2.75, 3.05) is 4.31 Å². The van der Waals surface area contributed by atoms with Gasteiger partial charge in [0.05, 0.1) is 10.6 Å². The number of hydrogen-bond donors (Lipinski definition) is 1. The molecule has 0 bridgehead atoms. The van der Waals surface area contributed by atoms with Crippen molar-refractivity contribution in [2.24, 2.45) is 5.73 Å². The van der Waals surface area contributed by atoms with Crippen LogP contribution < -0.4 is 10.0 Å². The summed E-state index contributed by atoms with van der Waals surface area (Å²) in [6.07, 6.45) is 0.290. The summed E-state index contributed by atoms with van der Waals surface area (Å²) in [5.41, 5.74) is 6.80. The van der Waals surface area contributed by atoms with E-state index in [-0.39, 0.29) is 11.3 Å². The number of nitrogens with two attached hydrogens (primary N) is 1. The average Bonchev–Trinajstić information content (AvgIpc) is 3.02. The summed E-state index contributed by atoms with van der Waals surface area (Å²) in [6.45, 7) is 0. The summed E-state index contributed by atoms with van der Waals surface area (Å²) in [4.78, 5) is 12.0. The molecule has 1 unspecified atom stereocenters. The molecule has 1 heterocycles. The van der Waals surface area contributed by atoms with Gasteiger partial charge in [0.1, 0.15) is 6.04 Å². The van der Waals surface area contributed by atoms with E-state index in [1.807, 2.05) is 36.4 Å². The van der Waals surface area contributed by atoms with Gasteiger partial charge in [-0.05, 0) is 34.5 Å². The molecular weight excluding hydrogens is 336 g/mol. The van der Waals surface area contributed by atoms with Gasteiger partial charge in [0, 0.05) is 6.42 Å². The minimum atomic E-state index is -3.91. The van der Waals surface area contributed by atoms with Crippen LogP contribution >= 0.6 is 0 Å². The van der Waals surface area contributed by atoms with E-state index < -0.39 is 22.0 Å². The van der Waals surface area contributed by atoms with Crippen molar-refractivity contribution in [1.29, 1.82) is 0 Å². The molecule has 1 aliphatic rings. The van der Waals surface area contributed by atoms with E-state index in [2.05, 4.69) is 0 Å². The van der Waals surface area contributed by atoms with Gasteiger partial charge in [-0.3, -0.25) is 9.10 Å². The lowest BCUT2D eigenvalue weighted by Crippen LogP contribution is -2.45. The minimum absolute atomic E-state index is 0.147. The Labute approximate surface area is 145 Å². The molecule has 4 rings (SSSR count). The predicted molar refractivity (Wildman–Crippen MR) is 96.7 cm³/mol. The van der Waals surface area contributed by atoms with Gasteiger partial charge in [0.2, 0.25) is 5.91 Å². The average molecular weight is 352 g/mol. The van der Waals surface area contributed by atoms with Crippen LogP contribution in [-0.2, 0) is 21.2 Å². The maximum Gasteiger partial charge on any atom is 0.265 e. The Morgan fingerprint density at radius 2 is 1.64 bits per heavy atom. The van der Waals surface area contributed by atoms with Crippen LogP contribution in [0.25, 0.3) is 10.8 Å². The second-order valence-corrected chi connectivity index (χ2v) is 7.88. The molecule has 3 aromatic rings. The van der Waals surface area contributed by atoms with E-state index in [1.165, 1.54) is 0 Å². The molecule has 5 nitrogen and oxygen atoms in total. The molecule has 0 saturated carbocycles. The van der Waals surface area contributed by atoms with Crippen LogP contribution in [0.5, 0.6) is 0 Å². The highest BCUT2D eigenvalue weighted by atomic mass is 32.2. The SMILES string of the molecule is NC(=O)C1Cc2ccccc2N1S(=O)(=O)c1ccc2ccccc2c1. The van der Waals surface area contributed by atoms with Crippen molar-refractivity contribution in [3.63, 3.8) is 0 Å². The number of anilines is 1. The van der Waals surface area contributed by atoms with Gasteiger partial charge >= 0.3 is 0 Å². The molecule has 126 valence electrons. The van der Waals surface area contributed by atoms with Crippen molar-refractivity contribution in [3.8, 4) is 0 Å². The van der Waals surface area contributed by atoms with Crippen molar-refractivity contribution in [2.45, 2.75) is 17.4 Å². The van der Waals surface area contributed by atoms with Gasteiger partial charge in [0.15, 0.2) is 0 Å². The molecule has 6 heteroatoms. The summed E-state index contributed by atoms with van der Waals surface area (Å²) in [7, 11) is -3.91. The van der Waals surface area contributed by atoms with Crippen molar-refractivity contribution in [1.82, 2.24) is 0 Å². The van der Waals surface area contributed by atoms with Crippen LogP contribution in [0.1, 0.15) is 5.56 Å². The quantitative estimate of drug-likeness (QED) is 0.786. The van der Waals surface area contributed by atoms with Gasteiger partial charge in [-0.1, -0.05) is 48.5 Å². The van der Waals surface area contributed by atoms with Crippen LogP contribution in [0.3, 0.4) is 0 Å². The lowest BCUT2D eigenvalue weighted by molar-refractivity contribution is -0.118. The Kier molecular flexibility index (Phi) is 3.51. The minimum Gasteiger partial charge on any atom is -0.368 e. The van der Waals surface area contributed by atoms with E-state index in [0.29, 0.717) is 5.69 Å². The summed E-state index contributed by atoms with van der Waals surface area (Å²) in [6, 6.07) is 18.7. The number of rotatable bonds is 3. The highest BCUT2D eigenvalue weighted by Crippen LogP contribution is 2.37. The molecule has 0 radical (unpaired) electrons. The number of nitrogens with zero attached hydrogens (tertiary/aromatic N) is 1. The first kappa shape index (κ1) is 15.7. The number of carbonyl (C=O) groups is 1. The zero-order valence-corrected chi connectivity index (χ0v) is 14.1. The van der Waals surface area contributed by atoms with Crippen molar-refractivity contribution >= 4 is 32.4 Å². The largest absolute Gasteiger partial charge is 0.368 e. The number of para-hydroxylation sites is 1. The topological polar surface area (TPSA) is 80.5 Å². The number of fused-ring (bicyclic) bond motifs is 2. The van der Waals surface area contributed by atoms with E-state index in [0.717, 1.165) is 20.6 Å². The fourth-order valence-corrected chi connectivity index (χ4v) is 5.01. The molecule has 0 aliphatic carbocycles. The first-order chi connectivity index (χ1) is 12.0. The Morgan fingerprint density at radius 1 is 0.960 bits per heavy atom. The highest BCUT2D eigenvalue weighted by Gasteiger charge is 2.41. The van der Waals surface area contributed by atoms with Crippen LogP contribution in [-0.4, -0.2) is 20.4 Å². The van der Waals surface area contributed by atoms with E-state index in [4.69, 9.17) is 5.73 Å². The van der Waals surface area contributed by atoms with Crippen molar-refractivity contribution in [3.05, 3.63) is 72.3 Å². The molecule has 0 aromatic heterocycles. The van der Waals surface area contributed by atoms with E-state index in [1.54, 1.807) is 30.3 Å². The fourth-order valence-electron chi connectivity index (χ4n) is 3.31. The zero-order chi connectivity index (χ0) is 17.6. The van der Waals surface area contributed by atoms with E-state index in [9.17, 15) is 13.2 Å². The first-order valence-electron chi connectivity index (χ1n) is 7.89. The molecule has 1 atom stereocenters. The number of sulfonamides is 1. The van der Waals surface area contributed by atoms with E-state index >= 15 is 0 Å². The fraction of sp³-hybridized carbons (Fsp3) is 0.105. The predicted octanol–water partition coefficient (Wildman–Crippen LogP) is 2.45. The second-order valence-electron chi connectivity index (χ2n) is 6.06. The molecule has 1 aliphatic heterocycles. The molecule has 2 N–H and O–H groups in total. The zero-order valence-electron chi connectivity index (χ0n) is 13.3. The molecule has 3 aromatic carbocycles. The van der Waals surface area contributed by atoms with Gasteiger partial charge in [-0.15, -0.1) is 0 Å². The third kappa shape index (κ3) is 2.46. The van der Waals surface area contributed by atoms with Crippen LogP contribution in [0.4, 0.5) is 5.69 Å². The molecular formula is C19H16N2O3S. The number of carbonyl (C=O) groups excluding carboxylic acids is 1. The molecule has 0 spiro atoms. The lowest BCUT2D eigenvalue weighted by atomic mass is 10.1. The normalized spacial score (nSPS) is 16.8. The van der Waals surface area contributed by atoms with Crippen LogP contribution in [0.15, 0.2) is 71.6 Å². The summed E-state index contributed by atoms with van der Waals surface area (Å²) in [5, 5.41) is 1.78.